The van der Waals surface area contributed by atoms with Gasteiger partial charge in [0.2, 0.25) is 5.88 Å². The molecule has 5 rings (SSSR count). The number of anilines is 1. The van der Waals surface area contributed by atoms with Gasteiger partial charge in [0.25, 0.3) is 0 Å². The van der Waals surface area contributed by atoms with Crippen molar-refractivity contribution >= 4 is 16.9 Å². The summed E-state index contributed by atoms with van der Waals surface area (Å²) in [7, 11) is 2.09. The van der Waals surface area contributed by atoms with Crippen LogP contribution >= 0.6 is 0 Å². The van der Waals surface area contributed by atoms with E-state index < -0.39 is 0 Å². The van der Waals surface area contributed by atoms with Gasteiger partial charge in [0.1, 0.15) is 17.1 Å². The number of ether oxygens (including phenoxy) is 1. The molecule has 1 aromatic carbocycles. The molecule has 2 N–H and O–H groups in total. The molecule has 1 fully saturated rings. The number of nitrogen functional groups attached to an aromatic ring is 1. The first-order chi connectivity index (χ1) is 15.1. The third kappa shape index (κ3) is 3.55. The minimum Gasteiger partial charge on any atom is -0.439 e. The predicted octanol–water partition coefficient (Wildman–Crippen LogP) is 3.22. The summed E-state index contributed by atoms with van der Waals surface area (Å²) in [6, 6.07) is 14.8. The van der Waals surface area contributed by atoms with Crippen molar-refractivity contribution < 1.29 is 4.74 Å². The highest BCUT2D eigenvalue weighted by Crippen LogP contribution is 2.29. The van der Waals surface area contributed by atoms with E-state index in [0.29, 0.717) is 28.7 Å². The van der Waals surface area contributed by atoms with Crippen LogP contribution in [0.1, 0.15) is 18.9 Å². The van der Waals surface area contributed by atoms with Gasteiger partial charge in [-0.05, 0) is 62.8 Å². The number of hydrogen-bond donors (Lipinski definition) is 1. The van der Waals surface area contributed by atoms with E-state index in [2.05, 4.69) is 21.9 Å². The number of nitrogens with zero attached hydrogens (tertiary/aromatic N) is 5. The molecule has 31 heavy (non-hydrogen) atoms. The lowest BCUT2D eigenvalue weighted by Crippen LogP contribution is -2.37. The lowest BCUT2D eigenvalue weighted by atomic mass is 10.1. The maximum atomic E-state index is 13.6. The van der Waals surface area contributed by atoms with Crippen LogP contribution in [0.5, 0.6) is 11.6 Å². The first-order valence-corrected chi connectivity index (χ1v) is 10.4. The maximum Gasteiger partial charge on any atom is 0.334 e. The summed E-state index contributed by atoms with van der Waals surface area (Å²) >= 11 is 0. The van der Waals surface area contributed by atoms with Crippen molar-refractivity contribution in [3.63, 3.8) is 0 Å². The average molecular weight is 416 g/mol. The molecule has 8 nitrogen and oxygen atoms in total. The van der Waals surface area contributed by atoms with E-state index in [4.69, 9.17) is 10.5 Å². The van der Waals surface area contributed by atoms with Gasteiger partial charge in [0.15, 0.2) is 0 Å². The smallest absolute Gasteiger partial charge is 0.334 e. The minimum absolute atomic E-state index is 0.101. The van der Waals surface area contributed by atoms with Crippen molar-refractivity contribution in [1.29, 1.82) is 0 Å². The second-order valence-electron chi connectivity index (χ2n) is 7.87. The Morgan fingerprint density at radius 3 is 2.65 bits per heavy atom. The van der Waals surface area contributed by atoms with Crippen LogP contribution < -0.4 is 16.2 Å². The van der Waals surface area contributed by atoms with Gasteiger partial charge in [-0.25, -0.2) is 14.8 Å². The van der Waals surface area contributed by atoms with E-state index in [1.54, 1.807) is 23.0 Å². The Bertz CT molecular complexity index is 1260. The largest absolute Gasteiger partial charge is 0.439 e. The molecule has 158 valence electrons. The third-order valence-corrected chi connectivity index (χ3v) is 5.73. The summed E-state index contributed by atoms with van der Waals surface area (Å²) in [5.41, 5.74) is 8.30. The van der Waals surface area contributed by atoms with Crippen LogP contribution in [-0.4, -0.2) is 44.1 Å². The molecule has 0 radical (unpaired) electrons. The molecule has 4 aromatic rings. The zero-order chi connectivity index (χ0) is 21.4. The van der Waals surface area contributed by atoms with Crippen LogP contribution in [-0.2, 0) is 0 Å². The number of rotatable bonds is 4. The van der Waals surface area contributed by atoms with Crippen molar-refractivity contribution in [2.45, 2.75) is 18.9 Å². The van der Waals surface area contributed by atoms with Crippen molar-refractivity contribution in [2.75, 3.05) is 25.9 Å². The van der Waals surface area contributed by atoms with E-state index >= 15 is 0 Å². The minimum atomic E-state index is -0.103. The fraction of sp³-hybridized carbons (Fsp3) is 0.261. The van der Waals surface area contributed by atoms with Crippen molar-refractivity contribution in [3.05, 3.63) is 71.4 Å². The van der Waals surface area contributed by atoms with Gasteiger partial charge in [0, 0.05) is 25.0 Å². The first-order valence-electron chi connectivity index (χ1n) is 10.4. The van der Waals surface area contributed by atoms with Crippen molar-refractivity contribution in [3.8, 4) is 17.3 Å². The van der Waals surface area contributed by atoms with E-state index in [0.717, 1.165) is 31.4 Å². The summed E-state index contributed by atoms with van der Waals surface area (Å²) in [6.45, 7) is 1.88. The SMILES string of the molecule is CN1CCCC(n2c(=O)n(-c3ccc(Oc4ccccn4)cc3)c3c(N)nccc32)C1. The highest BCUT2D eigenvalue weighted by molar-refractivity contribution is 5.87. The van der Waals surface area contributed by atoms with Crippen LogP contribution in [0.4, 0.5) is 5.82 Å². The predicted molar refractivity (Wildman–Crippen MR) is 120 cm³/mol. The molecule has 1 unspecified atom stereocenters. The number of likely N-dealkylation sites (N-methyl/N-ethyl adjacent to an activating group) is 1. The number of aromatic nitrogens is 4. The van der Waals surface area contributed by atoms with Gasteiger partial charge in [-0.2, -0.15) is 0 Å². The second kappa shape index (κ2) is 7.88. The molecule has 0 amide bonds. The normalized spacial score (nSPS) is 17.1. The van der Waals surface area contributed by atoms with Gasteiger partial charge in [-0.3, -0.25) is 9.13 Å². The first kappa shape index (κ1) is 19.3. The quantitative estimate of drug-likeness (QED) is 0.549. The summed E-state index contributed by atoms with van der Waals surface area (Å²) in [4.78, 5) is 24.3. The van der Waals surface area contributed by atoms with Gasteiger partial charge in [-0.1, -0.05) is 6.07 Å². The van der Waals surface area contributed by atoms with Gasteiger partial charge >= 0.3 is 5.69 Å². The number of nitrogens with two attached hydrogens (primary N) is 1. The Morgan fingerprint density at radius 2 is 1.90 bits per heavy atom. The molecule has 1 aliphatic rings. The van der Waals surface area contributed by atoms with Crippen LogP contribution in [0.3, 0.4) is 0 Å². The highest BCUT2D eigenvalue weighted by atomic mass is 16.5. The lowest BCUT2D eigenvalue weighted by molar-refractivity contribution is 0.212. The molecule has 1 atom stereocenters. The Labute approximate surface area is 179 Å². The molecular formula is C23H24N6O2. The molecule has 0 spiro atoms. The van der Waals surface area contributed by atoms with Gasteiger partial charge < -0.3 is 15.4 Å². The number of imidazole rings is 1. The van der Waals surface area contributed by atoms with Gasteiger partial charge in [-0.15, -0.1) is 0 Å². The summed E-state index contributed by atoms with van der Waals surface area (Å²) in [6.07, 6.45) is 5.35. The fourth-order valence-corrected chi connectivity index (χ4v) is 4.32. The van der Waals surface area contributed by atoms with Crippen LogP contribution in [0.25, 0.3) is 16.7 Å². The Balaban J connectivity index is 1.58. The summed E-state index contributed by atoms with van der Waals surface area (Å²) < 4.78 is 9.30. The molecule has 8 heteroatoms. The number of hydrogen-bond acceptors (Lipinski definition) is 6. The Morgan fingerprint density at radius 1 is 1.06 bits per heavy atom. The van der Waals surface area contributed by atoms with E-state index in [1.807, 2.05) is 47.0 Å². The molecule has 0 saturated carbocycles. The van der Waals surface area contributed by atoms with Crippen LogP contribution in [0, 0.1) is 0 Å². The number of pyridine rings is 2. The lowest BCUT2D eigenvalue weighted by Gasteiger charge is -2.30. The Hall–Kier alpha value is -3.65. The maximum absolute atomic E-state index is 13.6. The molecule has 1 saturated heterocycles. The highest BCUT2D eigenvalue weighted by Gasteiger charge is 2.26. The molecule has 1 aliphatic heterocycles. The summed E-state index contributed by atoms with van der Waals surface area (Å²) in [5, 5.41) is 0. The summed E-state index contributed by atoms with van der Waals surface area (Å²) in [5.74, 6) is 1.49. The molecular weight excluding hydrogens is 392 g/mol. The van der Waals surface area contributed by atoms with Crippen molar-refractivity contribution in [2.24, 2.45) is 0 Å². The zero-order valence-electron chi connectivity index (χ0n) is 17.3. The van der Waals surface area contributed by atoms with Crippen molar-refractivity contribution in [1.82, 2.24) is 24.0 Å². The molecule has 0 aliphatic carbocycles. The number of piperidine rings is 1. The van der Waals surface area contributed by atoms with E-state index in [1.165, 1.54) is 0 Å². The van der Waals surface area contributed by atoms with E-state index in [9.17, 15) is 4.79 Å². The molecule has 3 aromatic heterocycles. The second-order valence-corrected chi connectivity index (χ2v) is 7.87. The number of likely N-dealkylation sites (tertiary alicyclic amines) is 1. The van der Waals surface area contributed by atoms with Gasteiger partial charge in [0.05, 0.1) is 17.2 Å². The molecule has 4 heterocycles. The molecule has 0 bridgehead atoms. The third-order valence-electron chi connectivity index (χ3n) is 5.73. The zero-order valence-corrected chi connectivity index (χ0v) is 17.3. The topological polar surface area (TPSA) is 91.2 Å². The number of benzene rings is 1. The van der Waals surface area contributed by atoms with Crippen LogP contribution in [0.2, 0.25) is 0 Å². The average Bonchev–Trinajstić information content (AvgIpc) is 3.08. The number of fused-ring (bicyclic) bond motifs is 1. The monoisotopic (exact) mass is 416 g/mol. The van der Waals surface area contributed by atoms with Crippen LogP contribution in [0.15, 0.2) is 65.7 Å². The Kier molecular flexibility index (Phi) is 4.91. The fourth-order valence-electron chi connectivity index (χ4n) is 4.32. The van der Waals surface area contributed by atoms with E-state index in [-0.39, 0.29) is 11.7 Å². The standard InChI is InChI=1S/C23H24N6O2/c1-27-14-4-5-17(15-27)28-19-11-13-26-22(24)21(19)29(23(28)30)16-7-9-18(10-8-16)31-20-6-2-3-12-25-20/h2-3,6-13,17H,4-5,14-15H2,1H3,(H2,24,26).